The van der Waals surface area contributed by atoms with Crippen LogP contribution < -0.4 is 10.1 Å². The van der Waals surface area contributed by atoms with E-state index in [1.54, 1.807) is 48.2 Å². The van der Waals surface area contributed by atoms with E-state index in [0.717, 1.165) is 15.3 Å². The Labute approximate surface area is 216 Å². The van der Waals surface area contributed by atoms with E-state index in [1.807, 2.05) is 12.1 Å². The van der Waals surface area contributed by atoms with Gasteiger partial charge in [-0.2, -0.15) is 9.57 Å². The molecule has 4 rings (SSSR count). The van der Waals surface area contributed by atoms with Crippen molar-refractivity contribution < 1.29 is 22.7 Å². The van der Waals surface area contributed by atoms with Gasteiger partial charge in [-0.1, -0.05) is 24.3 Å². The molecule has 0 aromatic heterocycles. The Bertz CT molecular complexity index is 1480. The van der Waals surface area contributed by atoms with E-state index < -0.39 is 28.5 Å². The number of nitrogens with zero attached hydrogens (tertiary/aromatic N) is 3. The Hall–Kier alpha value is -3.94. The zero-order valence-electron chi connectivity index (χ0n) is 20.7. The maximum atomic E-state index is 13.9. The highest BCUT2D eigenvalue weighted by Crippen LogP contribution is 2.29. The van der Waals surface area contributed by atoms with Crippen molar-refractivity contribution >= 4 is 32.6 Å². The van der Waals surface area contributed by atoms with Crippen LogP contribution in [0.25, 0.3) is 10.8 Å². The molecule has 1 N–H and O–H groups in total. The first-order chi connectivity index (χ1) is 17.8. The second-order valence-corrected chi connectivity index (χ2v) is 10.6. The number of fused-ring (bicyclic) bond motifs is 1. The Balaban J connectivity index is 1.66. The highest BCUT2D eigenvalue weighted by Gasteiger charge is 2.42. The fourth-order valence-electron chi connectivity index (χ4n) is 4.49. The number of nitrogens with one attached hydrogen (secondary N) is 1. The van der Waals surface area contributed by atoms with Gasteiger partial charge >= 0.3 is 0 Å². The van der Waals surface area contributed by atoms with Crippen molar-refractivity contribution in [3.05, 3.63) is 71.8 Å². The van der Waals surface area contributed by atoms with Crippen LogP contribution in [0.5, 0.6) is 5.75 Å². The summed E-state index contributed by atoms with van der Waals surface area (Å²) < 4.78 is 34.0. The van der Waals surface area contributed by atoms with Gasteiger partial charge in [-0.15, -0.1) is 0 Å². The molecule has 0 spiro atoms. The molecular formula is C27H28N4O5S. The molecule has 0 bridgehead atoms. The van der Waals surface area contributed by atoms with E-state index in [1.165, 1.54) is 19.2 Å². The fourth-order valence-corrected chi connectivity index (χ4v) is 6.09. The summed E-state index contributed by atoms with van der Waals surface area (Å²) in [6, 6.07) is 18.1. The summed E-state index contributed by atoms with van der Waals surface area (Å²) in [4.78, 5) is 27.5. The quantitative estimate of drug-likeness (QED) is 0.463. The van der Waals surface area contributed by atoms with E-state index in [2.05, 4.69) is 11.4 Å². The lowest BCUT2D eigenvalue weighted by atomic mass is 10.1. The second-order valence-electron chi connectivity index (χ2n) is 8.76. The van der Waals surface area contributed by atoms with Crippen LogP contribution >= 0.6 is 0 Å². The fraction of sp³-hybridized carbons (Fsp3) is 0.296. The number of rotatable bonds is 9. The molecule has 0 unspecified atom stereocenters. The molecule has 1 heterocycles. The SMILES string of the molecule is CCNC(=O)CN([C@H]1CCN(Cc2cccc(C#N)c2)C1=O)S(=O)(=O)c1ccc2ccc(OC)cc2c1. The Kier molecular flexibility index (Phi) is 7.76. The predicted octanol–water partition coefficient (Wildman–Crippen LogP) is 2.65. The molecule has 0 aliphatic carbocycles. The number of amides is 2. The first-order valence-corrected chi connectivity index (χ1v) is 13.3. The molecule has 1 saturated heterocycles. The molecule has 37 heavy (non-hydrogen) atoms. The number of ether oxygens (including phenoxy) is 1. The lowest BCUT2D eigenvalue weighted by Gasteiger charge is -2.27. The third-order valence-electron chi connectivity index (χ3n) is 6.35. The Morgan fingerprint density at radius 3 is 2.68 bits per heavy atom. The molecular weight excluding hydrogens is 492 g/mol. The summed E-state index contributed by atoms with van der Waals surface area (Å²) in [5.74, 6) is -0.275. The number of benzene rings is 3. The molecule has 192 valence electrons. The lowest BCUT2D eigenvalue weighted by molar-refractivity contribution is -0.131. The molecule has 1 aliphatic heterocycles. The van der Waals surface area contributed by atoms with Crippen molar-refractivity contribution in [3.63, 3.8) is 0 Å². The molecule has 0 radical (unpaired) electrons. The second kappa shape index (κ2) is 11.0. The van der Waals surface area contributed by atoms with Crippen LogP contribution in [0.15, 0.2) is 65.6 Å². The first-order valence-electron chi connectivity index (χ1n) is 11.9. The average Bonchev–Trinajstić information content (AvgIpc) is 3.25. The maximum Gasteiger partial charge on any atom is 0.244 e. The predicted molar refractivity (Wildman–Crippen MR) is 138 cm³/mol. The normalized spacial score (nSPS) is 15.7. The summed E-state index contributed by atoms with van der Waals surface area (Å²) in [5, 5.41) is 13.3. The van der Waals surface area contributed by atoms with Crippen molar-refractivity contribution in [2.75, 3.05) is 26.7 Å². The van der Waals surface area contributed by atoms with Gasteiger partial charge < -0.3 is 15.0 Å². The van der Waals surface area contributed by atoms with Gasteiger partial charge in [0.2, 0.25) is 21.8 Å². The summed E-state index contributed by atoms with van der Waals surface area (Å²) in [7, 11) is -2.68. The van der Waals surface area contributed by atoms with Crippen LogP contribution in [0.4, 0.5) is 0 Å². The highest BCUT2D eigenvalue weighted by atomic mass is 32.2. The van der Waals surface area contributed by atoms with E-state index in [-0.39, 0.29) is 23.8 Å². The van der Waals surface area contributed by atoms with Crippen LogP contribution in [0.1, 0.15) is 24.5 Å². The van der Waals surface area contributed by atoms with Gasteiger partial charge in [0.1, 0.15) is 11.8 Å². The van der Waals surface area contributed by atoms with E-state index in [9.17, 15) is 18.0 Å². The zero-order valence-corrected chi connectivity index (χ0v) is 21.5. The molecule has 1 fully saturated rings. The van der Waals surface area contributed by atoms with Gasteiger partial charge in [0, 0.05) is 19.6 Å². The average molecular weight is 521 g/mol. The van der Waals surface area contributed by atoms with Gasteiger partial charge in [-0.05, 0) is 66.1 Å². The monoisotopic (exact) mass is 520 g/mol. The van der Waals surface area contributed by atoms with E-state index in [4.69, 9.17) is 10.00 Å². The van der Waals surface area contributed by atoms with Crippen molar-refractivity contribution in [1.29, 1.82) is 5.26 Å². The number of carbonyl (C=O) groups excluding carboxylic acids is 2. The largest absolute Gasteiger partial charge is 0.497 e. The number of hydrogen-bond acceptors (Lipinski definition) is 6. The Morgan fingerprint density at radius 2 is 1.95 bits per heavy atom. The minimum atomic E-state index is -4.21. The van der Waals surface area contributed by atoms with Crippen molar-refractivity contribution in [3.8, 4) is 11.8 Å². The smallest absolute Gasteiger partial charge is 0.244 e. The first kappa shape index (κ1) is 26.1. The minimum absolute atomic E-state index is 0.00878. The van der Waals surface area contributed by atoms with Crippen molar-refractivity contribution in [1.82, 2.24) is 14.5 Å². The number of likely N-dealkylation sites (N-methyl/N-ethyl adjacent to an activating group) is 1. The lowest BCUT2D eigenvalue weighted by Crippen LogP contribution is -2.49. The third kappa shape index (κ3) is 5.58. The number of methoxy groups -OCH3 is 1. The minimum Gasteiger partial charge on any atom is -0.497 e. The van der Waals surface area contributed by atoms with Gasteiger partial charge in [0.15, 0.2) is 0 Å². The topological polar surface area (TPSA) is 120 Å². The van der Waals surface area contributed by atoms with Crippen LogP contribution in [0.2, 0.25) is 0 Å². The maximum absolute atomic E-state index is 13.9. The molecule has 1 atom stereocenters. The van der Waals surface area contributed by atoms with Crippen molar-refractivity contribution in [2.45, 2.75) is 30.8 Å². The Morgan fingerprint density at radius 1 is 1.16 bits per heavy atom. The number of nitriles is 1. The number of carbonyl (C=O) groups is 2. The standard InChI is InChI=1S/C27H28N4O5S/c1-3-29-26(32)18-31(25-11-12-30(27(25)33)17-20-6-4-5-19(13-20)16-28)37(34,35)24-10-8-21-7-9-23(36-2)14-22(21)15-24/h4-10,13-15,25H,3,11-12,17-18H2,1-2H3,(H,29,32)/t25-/m0/s1. The molecule has 3 aromatic rings. The molecule has 2 amide bonds. The third-order valence-corrected chi connectivity index (χ3v) is 8.20. The van der Waals surface area contributed by atoms with Gasteiger partial charge in [-0.3, -0.25) is 9.59 Å². The number of sulfonamides is 1. The summed E-state index contributed by atoms with van der Waals surface area (Å²) in [6.45, 7) is 2.18. The summed E-state index contributed by atoms with van der Waals surface area (Å²) in [6.07, 6.45) is 0.247. The van der Waals surface area contributed by atoms with Gasteiger partial charge in [0.25, 0.3) is 0 Å². The molecule has 3 aromatic carbocycles. The molecule has 0 saturated carbocycles. The van der Waals surface area contributed by atoms with E-state index >= 15 is 0 Å². The zero-order chi connectivity index (χ0) is 26.6. The number of likely N-dealkylation sites (tertiary alicyclic amines) is 1. The van der Waals surface area contributed by atoms with Gasteiger partial charge in [-0.25, -0.2) is 8.42 Å². The molecule has 9 nitrogen and oxygen atoms in total. The van der Waals surface area contributed by atoms with E-state index in [0.29, 0.717) is 29.8 Å². The summed E-state index contributed by atoms with van der Waals surface area (Å²) in [5.41, 5.74) is 1.25. The van der Waals surface area contributed by atoms with Gasteiger partial charge in [0.05, 0.1) is 30.2 Å². The number of hydrogen-bond donors (Lipinski definition) is 1. The van der Waals surface area contributed by atoms with Crippen LogP contribution in [-0.2, 0) is 26.2 Å². The van der Waals surface area contributed by atoms with Crippen LogP contribution in [0.3, 0.4) is 0 Å². The molecule has 1 aliphatic rings. The summed E-state index contributed by atoms with van der Waals surface area (Å²) >= 11 is 0. The van der Waals surface area contributed by atoms with Crippen LogP contribution in [0, 0.1) is 11.3 Å². The van der Waals surface area contributed by atoms with Crippen molar-refractivity contribution in [2.24, 2.45) is 0 Å². The highest BCUT2D eigenvalue weighted by molar-refractivity contribution is 7.89. The molecule has 10 heteroatoms. The van der Waals surface area contributed by atoms with Crippen LogP contribution in [-0.4, -0.2) is 62.2 Å².